The maximum atomic E-state index is 11.3. The van der Waals surface area contributed by atoms with Crippen molar-refractivity contribution in [1.82, 2.24) is 25.4 Å². The van der Waals surface area contributed by atoms with Crippen molar-refractivity contribution < 1.29 is 14.7 Å². The van der Waals surface area contributed by atoms with Crippen LogP contribution in [0.5, 0.6) is 0 Å². The molecular weight excluding hydrogens is 226 g/mol. The van der Waals surface area contributed by atoms with Crippen molar-refractivity contribution in [2.45, 2.75) is 25.9 Å². The number of aromatic nitrogens is 3. The van der Waals surface area contributed by atoms with Crippen LogP contribution in [0.2, 0.25) is 0 Å². The Labute approximate surface area is 98.0 Å². The predicted molar refractivity (Wildman–Crippen MR) is 58.1 cm³/mol. The first-order chi connectivity index (χ1) is 7.97. The molecule has 17 heavy (non-hydrogen) atoms. The Kier molecular flexibility index (Phi) is 4.44. The van der Waals surface area contributed by atoms with Crippen molar-refractivity contribution in [3.8, 4) is 0 Å². The monoisotopic (exact) mass is 241 g/mol. The standard InChI is InChI=1S/C9H15N5O3/c1-6(3-8(15)16)12-9(17)10-4-7-11-5-14(2)13-7/h5-6H,3-4H2,1-2H3,(H,15,16)(H2,10,12,17). The number of carboxylic acids is 1. The Hall–Kier alpha value is -2.12. The molecular formula is C9H15N5O3. The SMILES string of the molecule is CC(CC(=O)O)NC(=O)NCc1ncn(C)n1. The van der Waals surface area contributed by atoms with Crippen LogP contribution in [-0.4, -0.2) is 37.9 Å². The summed E-state index contributed by atoms with van der Waals surface area (Å²) in [5.41, 5.74) is 0. The quantitative estimate of drug-likeness (QED) is 0.642. The molecule has 0 aliphatic carbocycles. The second-order valence-electron chi connectivity index (χ2n) is 3.66. The third kappa shape index (κ3) is 4.96. The summed E-state index contributed by atoms with van der Waals surface area (Å²) in [4.78, 5) is 25.6. The number of aryl methyl sites for hydroxylation is 1. The lowest BCUT2D eigenvalue weighted by atomic mass is 10.2. The average molecular weight is 241 g/mol. The van der Waals surface area contributed by atoms with Gasteiger partial charge in [-0.15, -0.1) is 0 Å². The molecule has 2 amide bonds. The maximum absolute atomic E-state index is 11.3. The molecule has 1 atom stereocenters. The summed E-state index contributed by atoms with van der Waals surface area (Å²) in [5, 5.41) is 17.5. The molecule has 0 saturated heterocycles. The number of carbonyl (C=O) groups is 2. The molecule has 1 unspecified atom stereocenters. The summed E-state index contributed by atoms with van der Waals surface area (Å²) < 4.78 is 1.53. The van der Waals surface area contributed by atoms with Gasteiger partial charge < -0.3 is 15.7 Å². The van der Waals surface area contributed by atoms with Crippen molar-refractivity contribution in [2.24, 2.45) is 7.05 Å². The van der Waals surface area contributed by atoms with Crippen LogP contribution in [-0.2, 0) is 18.4 Å². The van der Waals surface area contributed by atoms with Crippen molar-refractivity contribution in [1.29, 1.82) is 0 Å². The number of aliphatic carboxylic acids is 1. The second kappa shape index (κ2) is 5.83. The topological polar surface area (TPSA) is 109 Å². The minimum absolute atomic E-state index is 0.116. The third-order valence-electron chi connectivity index (χ3n) is 1.91. The van der Waals surface area contributed by atoms with E-state index in [-0.39, 0.29) is 13.0 Å². The van der Waals surface area contributed by atoms with E-state index in [0.717, 1.165) is 0 Å². The van der Waals surface area contributed by atoms with Gasteiger partial charge in [-0.05, 0) is 6.92 Å². The molecule has 0 spiro atoms. The van der Waals surface area contributed by atoms with E-state index in [4.69, 9.17) is 5.11 Å². The first kappa shape index (κ1) is 12.9. The minimum Gasteiger partial charge on any atom is -0.481 e. The van der Waals surface area contributed by atoms with Gasteiger partial charge in [0.15, 0.2) is 5.82 Å². The van der Waals surface area contributed by atoms with Crippen molar-refractivity contribution in [3.63, 3.8) is 0 Å². The largest absolute Gasteiger partial charge is 0.481 e. The number of nitrogens with one attached hydrogen (secondary N) is 2. The van der Waals surface area contributed by atoms with Crippen LogP contribution >= 0.6 is 0 Å². The van der Waals surface area contributed by atoms with Gasteiger partial charge in [0.25, 0.3) is 0 Å². The van der Waals surface area contributed by atoms with Crippen LogP contribution < -0.4 is 10.6 Å². The Bertz CT molecular complexity index is 403. The molecule has 1 rings (SSSR count). The molecule has 1 aromatic heterocycles. The molecule has 3 N–H and O–H groups in total. The highest BCUT2D eigenvalue weighted by atomic mass is 16.4. The lowest BCUT2D eigenvalue weighted by Gasteiger charge is -2.11. The fourth-order valence-corrected chi connectivity index (χ4v) is 1.21. The van der Waals surface area contributed by atoms with Gasteiger partial charge >= 0.3 is 12.0 Å². The Morgan fingerprint density at radius 2 is 2.29 bits per heavy atom. The maximum Gasteiger partial charge on any atom is 0.315 e. The molecule has 0 bridgehead atoms. The lowest BCUT2D eigenvalue weighted by Crippen LogP contribution is -2.41. The number of urea groups is 1. The average Bonchev–Trinajstić information content (AvgIpc) is 2.59. The Balaban J connectivity index is 2.28. The van der Waals surface area contributed by atoms with Gasteiger partial charge in [-0.3, -0.25) is 9.48 Å². The van der Waals surface area contributed by atoms with Crippen LogP contribution in [0.15, 0.2) is 6.33 Å². The summed E-state index contributed by atoms with van der Waals surface area (Å²) in [6.45, 7) is 1.82. The molecule has 0 aliphatic heterocycles. The minimum atomic E-state index is -0.954. The van der Waals surface area contributed by atoms with Crippen LogP contribution in [0.1, 0.15) is 19.2 Å². The molecule has 1 aromatic rings. The van der Waals surface area contributed by atoms with Gasteiger partial charge in [0.2, 0.25) is 0 Å². The number of rotatable bonds is 5. The van der Waals surface area contributed by atoms with Crippen LogP contribution in [0, 0.1) is 0 Å². The van der Waals surface area contributed by atoms with Crippen molar-refractivity contribution in [2.75, 3.05) is 0 Å². The van der Waals surface area contributed by atoms with Gasteiger partial charge in [0.1, 0.15) is 6.33 Å². The summed E-state index contributed by atoms with van der Waals surface area (Å²) in [5.74, 6) is -0.460. The number of hydrogen-bond acceptors (Lipinski definition) is 4. The van der Waals surface area contributed by atoms with E-state index >= 15 is 0 Å². The zero-order valence-electron chi connectivity index (χ0n) is 9.67. The molecule has 8 nitrogen and oxygen atoms in total. The molecule has 0 aromatic carbocycles. The van der Waals surface area contributed by atoms with Crippen molar-refractivity contribution in [3.05, 3.63) is 12.2 Å². The number of hydrogen-bond donors (Lipinski definition) is 3. The lowest BCUT2D eigenvalue weighted by molar-refractivity contribution is -0.137. The molecule has 0 saturated carbocycles. The molecule has 0 radical (unpaired) electrons. The summed E-state index contributed by atoms with van der Waals surface area (Å²) in [6.07, 6.45) is 1.41. The number of amides is 2. The normalized spacial score (nSPS) is 11.9. The zero-order valence-corrected chi connectivity index (χ0v) is 9.67. The number of nitrogens with zero attached hydrogens (tertiary/aromatic N) is 3. The van der Waals surface area contributed by atoms with E-state index in [2.05, 4.69) is 20.7 Å². The van der Waals surface area contributed by atoms with E-state index in [1.807, 2.05) is 0 Å². The van der Waals surface area contributed by atoms with Gasteiger partial charge in [-0.1, -0.05) is 0 Å². The predicted octanol–water partition coefficient (Wildman–Crippen LogP) is -0.522. The molecule has 94 valence electrons. The third-order valence-corrected chi connectivity index (χ3v) is 1.91. The van der Waals surface area contributed by atoms with Crippen molar-refractivity contribution >= 4 is 12.0 Å². The Morgan fingerprint density at radius 1 is 1.59 bits per heavy atom. The van der Waals surface area contributed by atoms with Gasteiger partial charge in [-0.25, -0.2) is 9.78 Å². The molecule has 8 heteroatoms. The summed E-state index contributed by atoms with van der Waals surface area (Å²) >= 11 is 0. The van der Waals surface area contributed by atoms with E-state index < -0.39 is 18.0 Å². The van der Waals surface area contributed by atoms with E-state index in [1.165, 1.54) is 11.0 Å². The molecule has 1 heterocycles. The molecule has 0 aliphatic rings. The van der Waals surface area contributed by atoms with E-state index in [9.17, 15) is 9.59 Å². The van der Waals surface area contributed by atoms with Crippen LogP contribution in [0.4, 0.5) is 4.79 Å². The fraction of sp³-hybridized carbons (Fsp3) is 0.556. The number of carbonyl (C=O) groups excluding carboxylic acids is 1. The number of carboxylic acid groups (broad SMARTS) is 1. The van der Waals surface area contributed by atoms with Crippen LogP contribution in [0.3, 0.4) is 0 Å². The molecule has 0 fully saturated rings. The second-order valence-corrected chi connectivity index (χ2v) is 3.66. The highest BCUT2D eigenvalue weighted by Gasteiger charge is 2.10. The smallest absolute Gasteiger partial charge is 0.315 e. The highest BCUT2D eigenvalue weighted by molar-refractivity contribution is 5.75. The van der Waals surface area contributed by atoms with Gasteiger partial charge in [-0.2, -0.15) is 5.10 Å². The van der Waals surface area contributed by atoms with Crippen LogP contribution in [0.25, 0.3) is 0 Å². The first-order valence-corrected chi connectivity index (χ1v) is 5.08. The van der Waals surface area contributed by atoms with E-state index in [0.29, 0.717) is 5.82 Å². The fourth-order valence-electron chi connectivity index (χ4n) is 1.21. The highest BCUT2D eigenvalue weighted by Crippen LogP contribution is 1.91. The summed E-state index contributed by atoms with van der Waals surface area (Å²) in [6, 6.07) is -0.865. The first-order valence-electron chi connectivity index (χ1n) is 5.08. The zero-order chi connectivity index (χ0) is 12.8. The van der Waals surface area contributed by atoms with Gasteiger partial charge in [0.05, 0.1) is 13.0 Å². The van der Waals surface area contributed by atoms with Gasteiger partial charge in [0, 0.05) is 13.1 Å². The van der Waals surface area contributed by atoms with E-state index in [1.54, 1.807) is 14.0 Å². The summed E-state index contributed by atoms with van der Waals surface area (Å²) in [7, 11) is 1.73. The Morgan fingerprint density at radius 3 is 2.82 bits per heavy atom.